The molecule has 1 aliphatic carbocycles. The first-order valence-corrected chi connectivity index (χ1v) is 7.91. The summed E-state index contributed by atoms with van der Waals surface area (Å²) in [5, 5.41) is 3.20. The van der Waals surface area contributed by atoms with E-state index >= 15 is 0 Å². The van der Waals surface area contributed by atoms with E-state index in [0.717, 1.165) is 31.9 Å². The standard InChI is InChI=1S/C13H22N2OS.ClH/c16-12(11-8-14-9-11)15-6-7-17-13(10-15)4-2-1-3-5-13;/h11,14H,1-10H2;1H. The normalized spacial score (nSPS) is 27.4. The molecular formula is C13H23ClN2OS. The summed E-state index contributed by atoms with van der Waals surface area (Å²) >= 11 is 2.14. The molecule has 0 atom stereocenters. The molecule has 0 aromatic rings. The van der Waals surface area contributed by atoms with Gasteiger partial charge in [-0.3, -0.25) is 4.79 Å². The molecule has 2 saturated heterocycles. The monoisotopic (exact) mass is 290 g/mol. The molecule has 2 aliphatic heterocycles. The first kappa shape index (κ1) is 14.5. The highest BCUT2D eigenvalue weighted by Crippen LogP contribution is 2.42. The van der Waals surface area contributed by atoms with Crippen molar-refractivity contribution in [2.45, 2.75) is 36.9 Å². The van der Waals surface area contributed by atoms with E-state index in [0.29, 0.717) is 10.7 Å². The van der Waals surface area contributed by atoms with Crippen LogP contribution in [0, 0.1) is 5.92 Å². The van der Waals surface area contributed by atoms with Crippen molar-refractivity contribution in [1.82, 2.24) is 10.2 Å². The fourth-order valence-corrected chi connectivity index (χ4v) is 4.82. The SMILES string of the molecule is Cl.O=C(C1CNC1)N1CCSC2(CCCCC2)C1. The molecule has 1 amide bonds. The van der Waals surface area contributed by atoms with Gasteiger partial charge in [0.05, 0.1) is 5.92 Å². The van der Waals surface area contributed by atoms with Crippen molar-refractivity contribution in [3.63, 3.8) is 0 Å². The van der Waals surface area contributed by atoms with Gasteiger partial charge >= 0.3 is 0 Å². The van der Waals surface area contributed by atoms with Crippen LogP contribution in [-0.2, 0) is 4.79 Å². The average molecular weight is 291 g/mol. The van der Waals surface area contributed by atoms with Crippen molar-refractivity contribution in [1.29, 1.82) is 0 Å². The third-order valence-corrected chi connectivity index (χ3v) is 5.99. The lowest BCUT2D eigenvalue weighted by atomic mass is 9.87. The highest BCUT2D eigenvalue weighted by Gasteiger charge is 2.40. The number of carbonyl (C=O) groups excluding carboxylic acids is 1. The maximum atomic E-state index is 12.3. The van der Waals surface area contributed by atoms with E-state index in [1.54, 1.807) is 0 Å². The molecule has 1 spiro atoms. The molecule has 0 bridgehead atoms. The maximum absolute atomic E-state index is 12.3. The van der Waals surface area contributed by atoms with Crippen LogP contribution in [0.2, 0.25) is 0 Å². The van der Waals surface area contributed by atoms with Gasteiger partial charge < -0.3 is 10.2 Å². The fraction of sp³-hybridized carbons (Fsp3) is 0.923. The Hall–Kier alpha value is 0.0700. The van der Waals surface area contributed by atoms with Crippen LogP contribution >= 0.6 is 24.2 Å². The van der Waals surface area contributed by atoms with E-state index in [4.69, 9.17) is 0 Å². The number of amides is 1. The molecule has 5 heteroatoms. The second kappa shape index (κ2) is 6.02. The van der Waals surface area contributed by atoms with Crippen molar-refractivity contribution >= 4 is 30.1 Å². The molecule has 3 nitrogen and oxygen atoms in total. The zero-order valence-corrected chi connectivity index (χ0v) is 12.5. The van der Waals surface area contributed by atoms with Gasteiger partial charge in [0.2, 0.25) is 5.91 Å². The van der Waals surface area contributed by atoms with Crippen molar-refractivity contribution < 1.29 is 4.79 Å². The van der Waals surface area contributed by atoms with E-state index < -0.39 is 0 Å². The van der Waals surface area contributed by atoms with Gasteiger partial charge in [-0.05, 0) is 12.8 Å². The van der Waals surface area contributed by atoms with Crippen LogP contribution in [-0.4, -0.2) is 47.5 Å². The lowest BCUT2D eigenvalue weighted by molar-refractivity contribution is -0.137. The van der Waals surface area contributed by atoms with Gasteiger partial charge in [0, 0.05) is 36.7 Å². The summed E-state index contributed by atoms with van der Waals surface area (Å²) < 4.78 is 0.420. The average Bonchev–Trinajstić information content (AvgIpc) is 2.28. The van der Waals surface area contributed by atoms with Crippen LogP contribution in [0.25, 0.3) is 0 Å². The third kappa shape index (κ3) is 2.81. The minimum absolute atomic E-state index is 0. The van der Waals surface area contributed by atoms with E-state index in [2.05, 4.69) is 22.0 Å². The molecule has 104 valence electrons. The van der Waals surface area contributed by atoms with Crippen LogP contribution in [0.1, 0.15) is 32.1 Å². The topological polar surface area (TPSA) is 32.3 Å². The van der Waals surface area contributed by atoms with Gasteiger partial charge in [-0.2, -0.15) is 11.8 Å². The van der Waals surface area contributed by atoms with Crippen LogP contribution in [0.15, 0.2) is 0 Å². The Labute approximate surface area is 120 Å². The Kier molecular flexibility index (Phi) is 4.84. The molecule has 2 heterocycles. The lowest BCUT2D eigenvalue weighted by Gasteiger charge is -2.46. The van der Waals surface area contributed by atoms with Gasteiger partial charge in [0.25, 0.3) is 0 Å². The molecular weight excluding hydrogens is 268 g/mol. The summed E-state index contributed by atoms with van der Waals surface area (Å²) in [5.74, 6) is 1.83. The van der Waals surface area contributed by atoms with Gasteiger partial charge in [-0.25, -0.2) is 0 Å². The van der Waals surface area contributed by atoms with Gasteiger partial charge in [0.15, 0.2) is 0 Å². The van der Waals surface area contributed by atoms with E-state index in [1.807, 2.05) is 0 Å². The highest BCUT2D eigenvalue weighted by molar-refractivity contribution is 8.00. The number of halogens is 1. The number of rotatable bonds is 1. The van der Waals surface area contributed by atoms with Crippen LogP contribution < -0.4 is 5.32 Å². The molecule has 3 aliphatic rings. The zero-order valence-electron chi connectivity index (χ0n) is 10.8. The zero-order chi connectivity index (χ0) is 11.7. The summed E-state index contributed by atoms with van der Waals surface area (Å²) in [4.78, 5) is 14.4. The van der Waals surface area contributed by atoms with Crippen LogP contribution in [0.5, 0.6) is 0 Å². The first-order chi connectivity index (χ1) is 8.29. The quantitative estimate of drug-likeness (QED) is 0.801. The molecule has 18 heavy (non-hydrogen) atoms. The maximum Gasteiger partial charge on any atom is 0.228 e. The minimum Gasteiger partial charge on any atom is -0.340 e. The van der Waals surface area contributed by atoms with Crippen molar-refractivity contribution in [3.8, 4) is 0 Å². The molecule has 0 aromatic heterocycles. The smallest absolute Gasteiger partial charge is 0.228 e. The summed E-state index contributed by atoms with van der Waals surface area (Å²) in [6, 6.07) is 0. The predicted octanol–water partition coefficient (Wildman–Crippen LogP) is 1.91. The lowest BCUT2D eigenvalue weighted by Crippen LogP contribution is -2.57. The Balaban J connectivity index is 0.00000120. The molecule has 3 rings (SSSR count). The predicted molar refractivity (Wildman–Crippen MR) is 78.5 cm³/mol. The van der Waals surface area contributed by atoms with Gasteiger partial charge in [-0.1, -0.05) is 19.3 Å². The van der Waals surface area contributed by atoms with Crippen LogP contribution in [0.4, 0.5) is 0 Å². The Morgan fingerprint density at radius 1 is 1.22 bits per heavy atom. The van der Waals surface area contributed by atoms with E-state index in [-0.39, 0.29) is 18.3 Å². The number of nitrogens with one attached hydrogen (secondary N) is 1. The Morgan fingerprint density at radius 2 is 1.94 bits per heavy atom. The number of nitrogens with zero attached hydrogens (tertiary/aromatic N) is 1. The molecule has 1 N–H and O–H groups in total. The molecule has 3 fully saturated rings. The summed E-state index contributed by atoms with van der Waals surface area (Å²) in [6.07, 6.45) is 6.76. The Bertz CT molecular complexity index is 298. The van der Waals surface area contributed by atoms with E-state index in [9.17, 15) is 4.79 Å². The van der Waals surface area contributed by atoms with Crippen molar-refractivity contribution in [2.24, 2.45) is 5.92 Å². The number of hydrogen-bond acceptors (Lipinski definition) is 3. The summed E-state index contributed by atoms with van der Waals surface area (Å²) in [6.45, 7) is 3.79. The van der Waals surface area contributed by atoms with E-state index in [1.165, 1.54) is 32.1 Å². The molecule has 0 aromatic carbocycles. The summed E-state index contributed by atoms with van der Waals surface area (Å²) in [5.41, 5.74) is 0. The molecule has 0 radical (unpaired) electrons. The number of hydrogen-bond donors (Lipinski definition) is 1. The third-order valence-electron chi connectivity index (χ3n) is 4.46. The van der Waals surface area contributed by atoms with Gasteiger partial charge in [-0.15, -0.1) is 12.4 Å². The van der Waals surface area contributed by atoms with Crippen molar-refractivity contribution in [2.75, 3.05) is 31.9 Å². The molecule has 1 saturated carbocycles. The van der Waals surface area contributed by atoms with Crippen LogP contribution in [0.3, 0.4) is 0 Å². The second-order valence-corrected chi connectivity index (χ2v) is 7.27. The minimum atomic E-state index is 0. The first-order valence-electron chi connectivity index (χ1n) is 6.93. The second-order valence-electron chi connectivity index (χ2n) is 5.71. The highest BCUT2D eigenvalue weighted by atomic mass is 35.5. The van der Waals surface area contributed by atoms with Gasteiger partial charge in [0.1, 0.15) is 0 Å². The molecule has 0 unspecified atom stereocenters. The largest absolute Gasteiger partial charge is 0.340 e. The van der Waals surface area contributed by atoms with Crippen molar-refractivity contribution in [3.05, 3.63) is 0 Å². The Morgan fingerprint density at radius 3 is 2.56 bits per heavy atom. The number of thioether (sulfide) groups is 1. The summed E-state index contributed by atoms with van der Waals surface area (Å²) in [7, 11) is 0. The fourth-order valence-electron chi connectivity index (χ4n) is 3.25. The number of carbonyl (C=O) groups is 1.